The lowest BCUT2D eigenvalue weighted by atomic mass is 10.00. The maximum absolute atomic E-state index is 16.3. The van der Waals surface area contributed by atoms with Crippen molar-refractivity contribution >= 4 is 40.2 Å². The lowest BCUT2D eigenvalue weighted by Gasteiger charge is -2.45. The van der Waals surface area contributed by atoms with Crippen molar-refractivity contribution in [3.63, 3.8) is 0 Å². The van der Waals surface area contributed by atoms with Crippen molar-refractivity contribution in [2.75, 3.05) is 49.1 Å². The molecule has 1 N–H and O–H groups in total. The molecule has 6 rings (SSSR count). The molecule has 2 atom stereocenters. The lowest BCUT2D eigenvalue weighted by molar-refractivity contribution is -0.128. The number of aromatic hydroxyl groups is 1. The number of hydrogen-bond acceptors (Lipinski definition) is 7. The number of halogens is 3. The maximum Gasteiger partial charge on any atom is 0.246 e. The van der Waals surface area contributed by atoms with Crippen molar-refractivity contribution < 1.29 is 18.7 Å². The molecule has 3 aliphatic rings. The molecular formula is C28H29ClF2N6O2. The van der Waals surface area contributed by atoms with E-state index in [9.17, 15) is 14.3 Å². The molecule has 0 spiro atoms. The summed E-state index contributed by atoms with van der Waals surface area (Å²) in [6.07, 6.45) is 1.31. The zero-order valence-electron chi connectivity index (χ0n) is 21.7. The fraction of sp³-hybridized carbons (Fsp3) is 0.393. The number of amides is 1. The first-order valence-corrected chi connectivity index (χ1v) is 13.4. The van der Waals surface area contributed by atoms with E-state index in [1.165, 1.54) is 24.3 Å². The number of aromatic nitrogens is 2. The second-order valence-corrected chi connectivity index (χ2v) is 11.0. The fourth-order valence-corrected chi connectivity index (χ4v) is 5.92. The normalized spacial score (nSPS) is 21.8. The minimum absolute atomic E-state index is 0.00307. The van der Waals surface area contributed by atoms with Crippen LogP contribution in [0.5, 0.6) is 5.75 Å². The molecule has 11 heteroatoms. The van der Waals surface area contributed by atoms with E-state index in [4.69, 9.17) is 16.6 Å². The Morgan fingerprint density at radius 3 is 2.51 bits per heavy atom. The van der Waals surface area contributed by atoms with Gasteiger partial charge in [-0.15, -0.1) is 0 Å². The molecule has 3 aromatic rings. The SMILES string of the molecule is C=CC(=O)N1C[C@H](C)N(c2nc(N3CC(N4CC4)C3)nc3c(F)c(-c4c(O)cccc4F)c(Cl)cc23)C[C@H]1C. The third kappa shape index (κ3) is 4.35. The minimum atomic E-state index is -0.827. The van der Waals surface area contributed by atoms with Gasteiger partial charge in [0.15, 0.2) is 5.82 Å². The molecule has 0 radical (unpaired) electrons. The summed E-state index contributed by atoms with van der Waals surface area (Å²) in [5, 5.41) is 10.7. The van der Waals surface area contributed by atoms with E-state index in [1.807, 2.05) is 23.6 Å². The summed E-state index contributed by atoms with van der Waals surface area (Å²) in [5.41, 5.74) is -0.562. The number of phenolic OH excluding ortho intramolecular Hbond substituents is 1. The topological polar surface area (TPSA) is 75.8 Å². The molecule has 204 valence electrons. The van der Waals surface area contributed by atoms with Gasteiger partial charge in [-0.3, -0.25) is 9.69 Å². The smallest absolute Gasteiger partial charge is 0.246 e. The summed E-state index contributed by atoms with van der Waals surface area (Å²) >= 11 is 6.58. The number of carbonyl (C=O) groups excluding carboxylic acids is 1. The first-order chi connectivity index (χ1) is 18.7. The van der Waals surface area contributed by atoms with Gasteiger partial charge in [0.2, 0.25) is 11.9 Å². The number of hydrogen-bond donors (Lipinski definition) is 1. The van der Waals surface area contributed by atoms with Gasteiger partial charge in [-0.2, -0.15) is 4.98 Å². The monoisotopic (exact) mass is 554 g/mol. The minimum Gasteiger partial charge on any atom is -0.507 e. The Labute approximate surface area is 230 Å². The third-order valence-electron chi connectivity index (χ3n) is 7.95. The van der Waals surface area contributed by atoms with E-state index >= 15 is 4.39 Å². The van der Waals surface area contributed by atoms with Gasteiger partial charge in [0.1, 0.15) is 22.9 Å². The predicted octanol–water partition coefficient (Wildman–Crippen LogP) is 4.05. The van der Waals surface area contributed by atoms with Crippen molar-refractivity contribution in [2.24, 2.45) is 0 Å². The Morgan fingerprint density at radius 1 is 1.10 bits per heavy atom. The summed E-state index contributed by atoms with van der Waals surface area (Å²) in [7, 11) is 0. The van der Waals surface area contributed by atoms with Gasteiger partial charge in [0.05, 0.1) is 10.6 Å². The maximum atomic E-state index is 16.3. The van der Waals surface area contributed by atoms with Crippen molar-refractivity contribution in [3.8, 4) is 16.9 Å². The summed E-state index contributed by atoms with van der Waals surface area (Å²) in [6.45, 7) is 12.0. The quantitative estimate of drug-likeness (QED) is 0.377. The highest BCUT2D eigenvalue weighted by atomic mass is 35.5. The highest BCUT2D eigenvalue weighted by molar-refractivity contribution is 6.34. The van der Waals surface area contributed by atoms with Gasteiger partial charge in [-0.1, -0.05) is 24.2 Å². The zero-order chi connectivity index (χ0) is 27.6. The predicted molar refractivity (Wildman–Crippen MR) is 147 cm³/mol. The average Bonchev–Trinajstić information content (AvgIpc) is 3.70. The van der Waals surface area contributed by atoms with Gasteiger partial charge < -0.3 is 19.8 Å². The van der Waals surface area contributed by atoms with Gasteiger partial charge in [0.25, 0.3) is 0 Å². The summed E-state index contributed by atoms with van der Waals surface area (Å²) in [5.74, 6) is -1.30. The van der Waals surface area contributed by atoms with Crippen LogP contribution in [-0.4, -0.2) is 88.2 Å². The number of benzene rings is 2. The highest BCUT2D eigenvalue weighted by Gasteiger charge is 2.39. The number of piperazine rings is 1. The summed E-state index contributed by atoms with van der Waals surface area (Å²) in [6, 6.07) is 5.44. The van der Waals surface area contributed by atoms with Crippen molar-refractivity contribution in [1.29, 1.82) is 0 Å². The number of rotatable bonds is 5. The van der Waals surface area contributed by atoms with Crippen LogP contribution in [0.25, 0.3) is 22.0 Å². The second-order valence-electron chi connectivity index (χ2n) is 10.6. The number of anilines is 2. The fourth-order valence-electron chi connectivity index (χ4n) is 5.64. The Morgan fingerprint density at radius 2 is 1.85 bits per heavy atom. The Bertz CT molecular complexity index is 1470. The van der Waals surface area contributed by atoms with Crippen LogP contribution >= 0.6 is 11.6 Å². The highest BCUT2D eigenvalue weighted by Crippen LogP contribution is 2.43. The molecular weight excluding hydrogens is 526 g/mol. The largest absolute Gasteiger partial charge is 0.507 e. The molecule has 0 saturated carbocycles. The molecule has 1 amide bonds. The number of phenols is 1. The molecule has 3 aliphatic heterocycles. The van der Waals surface area contributed by atoms with Crippen LogP contribution in [0, 0.1) is 11.6 Å². The first-order valence-electron chi connectivity index (χ1n) is 13.0. The molecule has 0 bridgehead atoms. The van der Waals surface area contributed by atoms with Crippen LogP contribution < -0.4 is 9.80 Å². The third-order valence-corrected chi connectivity index (χ3v) is 8.25. The molecule has 0 unspecified atom stereocenters. The Kier molecular flexibility index (Phi) is 6.34. The van der Waals surface area contributed by atoms with Crippen LogP contribution in [0.15, 0.2) is 36.9 Å². The Balaban J connectivity index is 1.50. The van der Waals surface area contributed by atoms with Crippen molar-refractivity contribution in [1.82, 2.24) is 19.8 Å². The van der Waals surface area contributed by atoms with Crippen LogP contribution in [0.3, 0.4) is 0 Å². The number of nitrogens with zero attached hydrogens (tertiary/aromatic N) is 6. The van der Waals surface area contributed by atoms with Crippen molar-refractivity contribution in [3.05, 3.63) is 53.6 Å². The van der Waals surface area contributed by atoms with E-state index in [1.54, 1.807) is 4.90 Å². The number of carbonyl (C=O) groups is 1. The van der Waals surface area contributed by atoms with Crippen LogP contribution in [-0.2, 0) is 4.79 Å². The zero-order valence-corrected chi connectivity index (χ0v) is 22.5. The lowest BCUT2D eigenvalue weighted by Crippen LogP contribution is -2.58. The molecule has 1 aromatic heterocycles. The first kappa shape index (κ1) is 25.8. The van der Waals surface area contributed by atoms with Crippen LogP contribution in [0.2, 0.25) is 5.02 Å². The van der Waals surface area contributed by atoms with Crippen molar-refractivity contribution in [2.45, 2.75) is 32.0 Å². The molecule has 3 saturated heterocycles. The van der Waals surface area contributed by atoms with Gasteiger partial charge in [0, 0.05) is 68.3 Å². The van der Waals surface area contributed by atoms with E-state index in [0.29, 0.717) is 36.3 Å². The Hall–Kier alpha value is -3.50. The molecule has 39 heavy (non-hydrogen) atoms. The molecule has 2 aromatic carbocycles. The van der Waals surface area contributed by atoms with E-state index in [2.05, 4.69) is 16.5 Å². The van der Waals surface area contributed by atoms with Gasteiger partial charge in [-0.05, 0) is 38.1 Å². The second kappa shape index (κ2) is 9.60. The summed E-state index contributed by atoms with van der Waals surface area (Å²) in [4.78, 5) is 30.1. The molecule has 4 heterocycles. The summed E-state index contributed by atoms with van der Waals surface area (Å²) < 4.78 is 31.1. The molecule has 0 aliphatic carbocycles. The molecule has 3 fully saturated rings. The van der Waals surface area contributed by atoms with Crippen LogP contribution in [0.4, 0.5) is 20.5 Å². The van der Waals surface area contributed by atoms with E-state index in [0.717, 1.165) is 32.2 Å². The van der Waals surface area contributed by atoms with E-state index < -0.39 is 17.4 Å². The van der Waals surface area contributed by atoms with Gasteiger partial charge in [-0.25, -0.2) is 13.8 Å². The van der Waals surface area contributed by atoms with Gasteiger partial charge >= 0.3 is 0 Å². The van der Waals surface area contributed by atoms with Crippen LogP contribution in [0.1, 0.15) is 13.8 Å². The number of fused-ring (bicyclic) bond motifs is 1. The standard InChI is InChI=1S/C28H29ClF2N6O2/c1-4-22(39)36-11-16(3)37(12-15(36)2)27-18-10-19(29)23(24-20(30)6-5-7-21(24)38)25(31)26(18)32-28(33-27)35-13-17(14-35)34-8-9-34/h4-7,10,15-17,38H,1,8-9,11-14H2,2-3H3/t15-,16+/m1/s1. The molecule has 8 nitrogen and oxygen atoms in total. The van der Waals surface area contributed by atoms with E-state index in [-0.39, 0.29) is 39.7 Å². The average molecular weight is 555 g/mol.